The number of hydrogen-bond acceptors (Lipinski definition) is 4. The monoisotopic (exact) mass is 1830 g/mol. The molecule has 8 nitrogen and oxygen atoms in total. The molecule has 0 spiro atoms. The molecule has 4 aromatic heterocycles. The predicted octanol–water partition coefficient (Wildman–Crippen LogP) is 37.2. The van der Waals surface area contributed by atoms with Crippen molar-refractivity contribution in [1.82, 2.24) is 18.3 Å². The minimum Gasteiger partial charge on any atom is -0.494 e. The maximum atomic E-state index is 6.45. The minimum atomic E-state index is 0.732. The lowest BCUT2D eigenvalue weighted by molar-refractivity contribution is 0.304. The van der Waals surface area contributed by atoms with Gasteiger partial charge in [0.15, 0.2) is 0 Å². The lowest BCUT2D eigenvalue weighted by Crippen LogP contribution is -1.98. The molecule has 0 unspecified atom stereocenters. The maximum Gasteiger partial charge on any atom is 0.119 e. The average Bonchev–Trinajstić information content (AvgIpc) is 1.63. The average molecular weight is 1830 g/mol. The third-order valence-electron chi connectivity index (χ3n) is 29.1. The van der Waals surface area contributed by atoms with Crippen molar-refractivity contribution in [1.29, 1.82) is 0 Å². The van der Waals surface area contributed by atoms with Gasteiger partial charge in [0.25, 0.3) is 0 Å². The molecular formula is C130H150N4O4. The molecule has 0 N–H and O–H groups in total. The molecule has 138 heavy (non-hydrogen) atoms. The molecule has 714 valence electrons. The van der Waals surface area contributed by atoms with E-state index in [0.29, 0.717) is 0 Å². The molecule has 17 rings (SSSR count). The molecule has 0 aliphatic heterocycles. The van der Waals surface area contributed by atoms with E-state index in [1.807, 2.05) is 0 Å². The zero-order valence-electron chi connectivity index (χ0n) is 82.5. The van der Waals surface area contributed by atoms with Gasteiger partial charge >= 0.3 is 0 Å². The molecule has 0 atom stereocenters. The third kappa shape index (κ3) is 27.2. The fourth-order valence-corrected chi connectivity index (χ4v) is 21.5. The first-order valence-corrected chi connectivity index (χ1v) is 53.9. The van der Waals surface area contributed by atoms with Crippen molar-refractivity contribution >= 4 is 111 Å². The van der Waals surface area contributed by atoms with Crippen molar-refractivity contribution in [2.45, 2.75) is 283 Å². The summed E-state index contributed by atoms with van der Waals surface area (Å²) in [5, 5.41) is 11.0. The summed E-state index contributed by atoms with van der Waals surface area (Å²) in [5.41, 5.74) is 20.1. The lowest BCUT2D eigenvalue weighted by atomic mass is 9.94. The minimum absolute atomic E-state index is 0.732. The van der Waals surface area contributed by atoms with Gasteiger partial charge in [-0.1, -0.05) is 424 Å². The Kier molecular flexibility index (Phi) is 37.4. The quantitative estimate of drug-likeness (QED) is 0.0282. The van der Waals surface area contributed by atoms with Crippen LogP contribution in [0.3, 0.4) is 0 Å². The highest BCUT2D eigenvalue weighted by molar-refractivity contribution is 6.11. The van der Waals surface area contributed by atoms with Crippen molar-refractivity contribution in [3.63, 3.8) is 0 Å². The van der Waals surface area contributed by atoms with Crippen LogP contribution in [0.25, 0.3) is 111 Å². The Morgan fingerprint density at radius 1 is 0.152 bits per heavy atom. The van der Waals surface area contributed by atoms with Crippen LogP contribution in [0.5, 0.6) is 23.0 Å². The highest BCUT2D eigenvalue weighted by atomic mass is 16.5. The van der Waals surface area contributed by atoms with E-state index in [2.05, 4.69) is 346 Å². The molecule has 0 bridgehead atoms. The molecule has 0 aliphatic rings. The standard InChI is InChI=1S/C130H150N4O4/c1(9-17-25-49-93-131-123-65-41-33-57-113(123)114-58-34-42-66-124(114)131)5-13-21-29-53-97-135-109-85-77-105(78-86-109)121(106-79-87-110(88-80-106)136-98-54-30-22-14-6-2-10-18-26-50-94-132-125-67-43-35-59-115(125)116-60-36-44-68-126(116)132)101-103-73-75-104(76-74-103)102-122(107-81-89-111(90-82-107)137-99-55-31-23-15-7-3-11-19-27-51-95-133-127-69-45-37-61-117(127)118-62-38-46-70-128(118)133)108-83-91-112(92-84-108)138-100-56-32-24-16-8-4-12-20-28-52-96-134-129-71-47-39-63-119(129)120-64-40-48-72-130(120)134/h33-48,57-92,101-102H,1-32,49-56,93-100H2. The van der Waals surface area contributed by atoms with Crippen molar-refractivity contribution in [2.75, 3.05) is 26.4 Å². The van der Waals surface area contributed by atoms with E-state index in [-0.39, 0.29) is 0 Å². The van der Waals surface area contributed by atoms with E-state index < -0.39 is 0 Å². The second kappa shape index (κ2) is 53.1. The van der Waals surface area contributed by atoms with Gasteiger partial charge in [-0.15, -0.1) is 0 Å². The van der Waals surface area contributed by atoms with Gasteiger partial charge in [0, 0.05) is 113 Å². The van der Waals surface area contributed by atoms with Gasteiger partial charge in [0.1, 0.15) is 23.0 Å². The van der Waals surface area contributed by atoms with E-state index in [4.69, 9.17) is 18.9 Å². The number of para-hydroxylation sites is 8. The van der Waals surface area contributed by atoms with Crippen LogP contribution >= 0.6 is 0 Å². The van der Waals surface area contributed by atoms with Gasteiger partial charge in [-0.05, 0) is 205 Å². The number of ether oxygens (including phenoxy) is 4. The van der Waals surface area contributed by atoms with Gasteiger partial charge in [-0.3, -0.25) is 0 Å². The highest BCUT2D eigenvalue weighted by Crippen LogP contribution is 2.38. The van der Waals surface area contributed by atoms with Crippen LogP contribution in [-0.4, -0.2) is 44.7 Å². The zero-order chi connectivity index (χ0) is 93.4. The Morgan fingerprint density at radius 2 is 0.297 bits per heavy atom. The van der Waals surface area contributed by atoms with Crippen LogP contribution in [0.1, 0.15) is 290 Å². The summed E-state index contributed by atoms with van der Waals surface area (Å²) in [5.74, 6) is 3.68. The summed E-state index contributed by atoms with van der Waals surface area (Å²) in [6, 6.07) is 115. The number of unbranched alkanes of at least 4 members (excludes halogenated alkanes) is 36. The lowest BCUT2D eigenvalue weighted by Gasteiger charge is -2.13. The summed E-state index contributed by atoms with van der Waals surface area (Å²) in [7, 11) is 0. The number of benzene rings is 13. The molecule has 0 radical (unpaired) electrons. The van der Waals surface area contributed by atoms with Gasteiger partial charge in [0.2, 0.25) is 0 Å². The van der Waals surface area contributed by atoms with Gasteiger partial charge in [-0.25, -0.2) is 0 Å². The first-order valence-electron chi connectivity index (χ1n) is 53.9. The fourth-order valence-electron chi connectivity index (χ4n) is 21.5. The van der Waals surface area contributed by atoms with Crippen LogP contribution in [0.4, 0.5) is 0 Å². The number of aryl methyl sites for hydroxylation is 4. The fraction of sp³-hybridized carbons (Fsp3) is 0.369. The smallest absolute Gasteiger partial charge is 0.119 e. The third-order valence-corrected chi connectivity index (χ3v) is 29.1. The SMILES string of the molecule is C(=C(c1ccc(OCCCCCCCCCCCCn2c3ccccc3c3ccccc32)cc1)c1ccc(OCCCCCCCCCCCCn2c3ccccc3c3ccccc32)cc1)c1ccc(C=C(c2ccc(OCCCCCCCCCCCCn3c4ccccc4c4ccccc43)cc2)c2ccc(OCCCCCCCCCCCCn3c4ccccc4c4ccccc43)cc2)cc1. The Hall–Kier alpha value is -12.3. The van der Waals surface area contributed by atoms with E-state index >= 15 is 0 Å². The van der Waals surface area contributed by atoms with Gasteiger partial charge in [0.05, 0.1) is 26.4 Å². The predicted molar refractivity (Wildman–Crippen MR) is 591 cm³/mol. The summed E-state index contributed by atoms with van der Waals surface area (Å²) in [4.78, 5) is 0. The molecular weight excluding hydrogens is 1680 g/mol. The highest BCUT2D eigenvalue weighted by Gasteiger charge is 2.18. The topological polar surface area (TPSA) is 56.6 Å². The molecule has 0 saturated heterocycles. The molecule has 4 heterocycles. The Bertz CT molecular complexity index is 5610. The van der Waals surface area contributed by atoms with Crippen LogP contribution in [0.2, 0.25) is 0 Å². The molecule has 0 amide bonds. The van der Waals surface area contributed by atoms with E-state index in [9.17, 15) is 0 Å². The van der Waals surface area contributed by atoms with Gasteiger partial charge < -0.3 is 37.2 Å². The van der Waals surface area contributed by atoms with E-state index in [1.165, 1.54) is 318 Å². The van der Waals surface area contributed by atoms with E-state index in [0.717, 1.165) is 146 Å². The first-order chi connectivity index (χ1) is 68.6. The number of aromatic nitrogens is 4. The molecule has 0 aliphatic carbocycles. The summed E-state index contributed by atoms with van der Waals surface area (Å²) < 4.78 is 36.0. The van der Waals surface area contributed by atoms with Crippen LogP contribution in [0, 0.1) is 0 Å². The van der Waals surface area contributed by atoms with E-state index in [1.54, 1.807) is 0 Å². The second-order valence-corrected chi connectivity index (χ2v) is 39.2. The zero-order valence-corrected chi connectivity index (χ0v) is 82.5. The Morgan fingerprint density at radius 3 is 0.464 bits per heavy atom. The van der Waals surface area contributed by atoms with Gasteiger partial charge in [-0.2, -0.15) is 0 Å². The van der Waals surface area contributed by atoms with Crippen molar-refractivity contribution < 1.29 is 18.9 Å². The van der Waals surface area contributed by atoms with Crippen LogP contribution in [-0.2, 0) is 26.2 Å². The maximum absolute atomic E-state index is 6.45. The number of rotatable bonds is 62. The number of nitrogens with zero attached hydrogens (tertiary/aromatic N) is 4. The largest absolute Gasteiger partial charge is 0.494 e. The molecule has 17 aromatic rings. The number of fused-ring (bicyclic) bond motifs is 12. The Labute approximate surface area is 823 Å². The Balaban J connectivity index is 0.481. The number of hydrogen-bond donors (Lipinski definition) is 0. The van der Waals surface area contributed by atoms with Crippen molar-refractivity contribution in [3.05, 3.63) is 349 Å². The first kappa shape index (κ1) is 97.4. The van der Waals surface area contributed by atoms with Crippen molar-refractivity contribution in [2.24, 2.45) is 0 Å². The van der Waals surface area contributed by atoms with Crippen molar-refractivity contribution in [3.8, 4) is 23.0 Å². The summed E-state index contributed by atoms with van der Waals surface area (Å²) in [6.45, 7) is 7.28. The second-order valence-electron chi connectivity index (χ2n) is 39.2. The molecule has 0 saturated carbocycles. The molecule has 0 fully saturated rings. The molecule has 8 heteroatoms. The van der Waals surface area contributed by atoms with Crippen LogP contribution in [0.15, 0.2) is 315 Å². The molecule has 13 aromatic carbocycles. The summed E-state index contributed by atoms with van der Waals surface area (Å²) in [6.07, 6.45) is 55.3. The van der Waals surface area contributed by atoms with Crippen LogP contribution < -0.4 is 18.9 Å². The normalized spacial score (nSPS) is 11.7. The summed E-state index contributed by atoms with van der Waals surface area (Å²) >= 11 is 0.